The monoisotopic (exact) mass is 237 g/mol. The topological polar surface area (TPSA) is 21.6 Å². The van der Waals surface area contributed by atoms with Crippen LogP contribution in [0.15, 0.2) is 29.3 Å². The molecule has 0 bridgehead atoms. The molecule has 1 aromatic carbocycles. The highest BCUT2D eigenvalue weighted by molar-refractivity contribution is 6.30. The van der Waals surface area contributed by atoms with Gasteiger partial charge < -0.3 is 4.74 Å². The number of nitrogens with zero attached hydrogens (tertiary/aromatic N) is 1. The minimum atomic E-state index is 0.489. The zero-order valence-electron chi connectivity index (χ0n) is 9.45. The van der Waals surface area contributed by atoms with Gasteiger partial charge in [0.25, 0.3) is 0 Å². The van der Waals surface area contributed by atoms with Crippen LogP contribution in [0.25, 0.3) is 0 Å². The minimum absolute atomic E-state index is 0.489. The predicted molar refractivity (Wildman–Crippen MR) is 67.4 cm³/mol. The lowest BCUT2D eigenvalue weighted by Crippen LogP contribution is -2.16. The second kappa shape index (κ2) is 5.35. The first-order valence-corrected chi connectivity index (χ1v) is 6.09. The van der Waals surface area contributed by atoms with Gasteiger partial charge in [0, 0.05) is 23.9 Å². The molecule has 0 unspecified atom stereocenters. The molecule has 0 saturated carbocycles. The Bertz CT molecular complexity index is 389. The summed E-state index contributed by atoms with van der Waals surface area (Å²) in [6.07, 6.45) is 2.03. The van der Waals surface area contributed by atoms with E-state index in [1.165, 1.54) is 5.56 Å². The smallest absolute Gasteiger partial charge is 0.183 e. The van der Waals surface area contributed by atoms with Gasteiger partial charge in [0.15, 0.2) is 5.90 Å². The fourth-order valence-electron chi connectivity index (χ4n) is 2.00. The molecule has 0 aromatic heterocycles. The van der Waals surface area contributed by atoms with Crippen molar-refractivity contribution in [3.63, 3.8) is 0 Å². The zero-order valence-corrected chi connectivity index (χ0v) is 10.2. The zero-order chi connectivity index (χ0) is 11.4. The predicted octanol–water partition coefficient (Wildman–Crippen LogP) is 3.65. The van der Waals surface area contributed by atoms with E-state index < -0.39 is 0 Å². The molecule has 2 rings (SSSR count). The Morgan fingerprint density at radius 2 is 2.38 bits per heavy atom. The first-order valence-electron chi connectivity index (χ1n) is 5.71. The Morgan fingerprint density at radius 3 is 3.00 bits per heavy atom. The summed E-state index contributed by atoms with van der Waals surface area (Å²) in [7, 11) is 0. The van der Waals surface area contributed by atoms with Crippen molar-refractivity contribution in [2.75, 3.05) is 13.2 Å². The molecule has 0 spiro atoms. The van der Waals surface area contributed by atoms with Crippen molar-refractivity contribution in [2.45, 2.75) is 25.7 Å². The second-order valence-corrected chi connectivity index (χ2v) is 4.39. The van der Waals surface area contributed by atoms with Gasteiger partial charge in [0.1, 0.15) is 0 Å². The van der Waals surface area contributed by atoms with E-state index in [2.05, 4.69) is 11.1 Å². The Labute approximate surface area is 101 Å². The standard InChI is InChI=1S/C13H16ClNO/c1-2-16-13-7-6-11(9-15-13)10-4-3-5-12(14)8-10/h3-5,8,11H,2,6-7,9H2,1H3/t11-/m1/s1. The summed E-state index contributed by atoms with van der Waals surface area (Å²) in [6, 6.07) is 8.06. The van der Waals surface area contributed by atoms with Gasteiger partial charge in [-0.05, 0) is 31.0 Å². The fourth-order valence-corrected chi connectivity index (χ4v) is 2.20. The van der Waals surface area contributed by atoms with Crippen LogP contribution in [-0.4, -0.2) is 19.0 Å². The van der Waals surface area contributed by atoms with Crippen LogP contribution < -0.4 is 0 Å². The molecule has 0 radical (unpaired) electrons. The number of rotatable bonds is 2. The van der Waals surface area contributed by atoms with Crippen LogP contribution in [0, 0.1) is 0 Å². The van der Waals surface area contributed by atoms with Crippen LogP contribution in [0.5, 0.6) is 0 Å². The maximum atomic E-state index is 5.98. The lowest BCUT2D eigenvalue weighted by molar-refractivity contribution is 0.307. The highest BCUT2D eigenvalue weighted by Crippen LogP contribution is 2.27. The number of hydrogen-bond acceptors (Lipinski definition) is 2. The molecule has 0 aliphatic carbocycles. The quantitative estimate of drug-likeness (QED) is 0.770. The van der Waals surface area contributed by atoms with Crippen molar-refractivity contribution >= 4 is 17.5 Å². The summed E-state index contributed by atoms with van der Waals surface area (Å²) in [5.41, 5.74) is 1.28. The van der Waals surface area contributed by atoms with E-state index in [9.17, 15) is 0 Å². The molecule has 0 saturated heterocycles. The van der Waals surface area contributed by atoms with E-state index in [0.717, 1.165) is 30.3 Å². The van der Waals surface area contributed by atoms with Crippen LogP contribution in [0.2, 0.25) is 5.02 Å². The van der Waals surface area contributed by atoms with Crippen LogP contribution in [-0.2, 0) is 4.74 Å². The number of ether oxygens (including phenoxy) is 1. The Kier molecular flexibility index (Phi) is 3.83. The summed E-state index contributed by atoms with van der Waals surface area (Å²) >= 11 is 5.98. The lowest BCUT2D eigenvalue weighted by Gasteiger charge is -2.21. The lowest BCUT2D eigenvalue weighted by atomic mass is 9.92. The molecular formula is C13H16ClNO. The number of hydrogen-bond donors (Lipinski definition) is 0. The fraction of sp³-hybridized carbons (Fsp3) is 0.462. The molecule has 1 heterocycles. The minimum Gasteiger partial charge on any atom is -0.481 e. The molecular weight excluding hydrogens is 222 g/mol. The van der Waals surface area contributed by atoms with Gasteiger partial charge >= 0.3 is 0 Å². The van der Waals surface area contributed by atoms with Crippen molar-refractivity contribution in [1.29, 1.82) is 0 Å². The van der Waals surface area contributed by atoms with Crippen LogP contribution in [0.4, 0.5) is 0 Å². The Hall–Kier alpha value is -1.02. The van der Waals surface area contributed by atoms with Gasteiger partial charge in [-0.25, -0.2) is 0 Å². The second-order valence-electron chi connectivity index (χ2n) is 3.96. The number of benzene rings is 1. The summed E-state index contributed by atoms with van der Waals surface area (Å²) in [6.45, 7) is 3.52. The third-order valence-electron chi connectivity index (χ3n) is 2.83. The van der Waals surface area contributed by atoms with Crippen LogP contribution >= 0.6 is 11.6 Å². The van der Waals surface area contributed by atoms with Gasteiger partial charge in [0.05, 0.1) is 6.61 Å². The van der Waals surface area contributed by atoms with E-state index in [1.807, 2.05) is 25.1 Å². The molecule has 0 N–H and O–H groups in total. The average Bonchev–Trinajstić information content (AvgIpc) is 2.30. The van der Waals surface area contributed by atoms with E-state index in [-0.39, 0.29) is 0 Å². The summed E-state index contributed by atoms with van der Waals surface area (Å²) in [5.74, 6) is 1.39. The summed E-state index contributed by atoms with van der Waals surface area (Å²) in [4.78, 5) is 4.46. The van der Waals surface area contributed by atoms with Crippen molar-refractivity contribution in [3.8, 4) is 0 Å². The number of halogens is 1. The Morgan fingerprint density at radius 1 is 1.50 bits per heavy atom. The molecule has 0 fully saturated rings. The SMILES string of the molecule is CCOC1=NC[C@H](c2cccc(Cl)c2)CC1. The molecule has 16 heavy (non-hydrogen) atoms. The first-order chi connectivity index (χ1) is 7.79. The maximum absolute atomic E-state index is 5.98. The van der Waals surface area contributed by atoms with Gasteiger partial charge in [0.2, 0.25) is 0 Å². The van der Waals surface area contributed by atoms with E-state index in [0.29, 0.717) is 12.5 Å². The van der Waals surface area contributed by atoms with Gasteiger partial charge in [-0.1, -0.05) is 23.7 Å². The summed E-state index contributed by atoms with van der Waals surface area (Å²) < 4.78 is 5.41. The normalized spacial score (nSPS) is 20.4. The third kappa shape index (κ3) is 2.76. The molecule has 0 amide bonds. The largest absolute Gasteiger partial charge is 0.481 e. The maximum Gasteiger partial charge on any atom is 0.183 e. The van der Waals surface area contributed by atoms with Crippen molar-refractivity contribution in [2.24, 2.45) is 4.99 Å². The van der Waals surface area contributed by atoms with Crippen molar-refractivity contribution < 1.29 is 4.74 Å². The average molecular weight is 238 g/mol. The molecule has 1 aliphatic heterocycles. The highest BCUT2D eigenvalue weighted by Gasteiger charge is 2.18. The van der Waals surface area contributed by atoms with Gasteiger partial charge in [-0.15, -0.1) is 0 Å². The molecule has 3 heteroatoms. The Balaban J connectivity index is 2.04. The van der Waals surface area contributed by atoms with Gasteiger partial charge in [-0.2, -0.15) is 0 Å². The molecule has 1 atom stereocenters. The molecule has 1 aliphatic rings. The van der Waals surface area contributed by atoms with Crippen molar-refractivity contribution in [1.82, 2.24) is 0 Å². The van der Waals surface area contributed by atoms with Crippen LogP contribution in [0.1, 0.15) is 31.2 Å². The van der Waals surface area contributed by atoms with Gasteiger partial charge in [-0.3, -0.25) is 4.99 Å². The van der Waals surface area contributed by atoms with E-state index in [1.54, 1.807) is 0 Å². The summed E-state index contributed by atoms with van der Waals surface area (Å²) in [5, 5.41) is 0.803. The molecule has 1 aromatic rings. The third-order valence-corrected chi connectivity index (χ3v) is 3.06. The van der Waals surface area contributed by atoms with Crippen LogP contribution in [0.3, 0.4) is 0 Å². The molecule has 2 nitrogen and oxygen atoms in total. The molecule has 86 valence electrons. The van der Waals surface area contributed by atoms with E-state index in [4.69, 9.17) is 16.3 Å². The highest BCUT2D eigenvalue weighted by atomic mass is 35.5. The first kappa shape index (κ1) is 11.5. The van der Waals surface area contributed by atoms with Crippen molar-refractivity contribution in [3.05, 3.63) is 34.9 Å². The van der Waals surface area contributed by atoms with E-state index >= 15 is 0 Å². The number of aliphatic imine (C=N–C) groups is 1.